The van der Waals surface area contributed by atoms with E-state index in [-0.39, 0.29) is 18.1 Å². The maximum Gasteiger partial charge on any atom is 0.238 e. The lowest BCUT2D eigenvalue weighted by molar-refractivity contribution is -0.121. The number of ether oxygens (including phenoxy) is 3. The molecule has 0 radical (unpaired) electrons. The van der Waals surface area contributed by atoms with Crippen LogP contribution in [0, 0.1) is 0 Å². The van der Waals surface area contributed by atoms with Gasteiger partial charge in [0.2, 0.25) is 5.91 Å². The molecule has 2 aliphatic heterocycles. The average Bonchev–Trinajstić information content (AvgIpc) is 2.51. The predicted octanol–water partition coefficient (Wildman–Crippen LogP) is 1.51. The van der Waals surface area contributed by atoms with E-state index < -0.39 is 0 Å². The van der Waals surface area contributed by atoms with E-state index in [1.165, 1.54) is 0 Å². The molecule has 0 aromatic heterocycles. The van der Waals surface area contributed by atoms with Crippen LogP contribution in [0.25, 0.3) is 0 Å². The zero-order chi connectivity index (χ0) is 15.5. The molecule has 6 nitrogen and oxygen atoms in total. The van der Waals surface area contributed by atoms with Crippen LogP contribution in [-0.4, -0.2) is 55.9 Å². The Kier molecular flexibility index (Phi) is 4.49. The van der Waals surface area contributed by atoms with Gasteiger partial charge < -0.3 is 19.5 Å². The molecule has 120 valence electrons. The van der Waals surface area contributed by atoms with E-state index in [1.807, 2.05) is 19.1 Å². The van der Waals surface area contributed by atoms with Gasteiger partial charge in [-0.1, -0.05) is 0 Å². The van der Waals surface area contributed by atoms with E-state index in [9.17, 15) is 4.79 Å². The number of benzene rings is 1. The second-order valence-electron chi connectivity index (χ2n) is 5.83. The standard InChI is InChI=1S/C16H22N2O4/c1-11-10-22-12(2)8-18(11)9-16(19)17-13-3-4-14-15(7-13)21-6-5-20-14/h3-4,7,11-12H,5-6,8-10H2,1-2H3,(H,17,19). The first-order valence-corrected chi connectivity index (χ1v) is 7.67. The fourth-order valence-corrected chi connectivity index (χ4v) is 2.70. The van der Waals surface area contributed by atoms with E-state index in [4.69, 9.17) is 14.2 Å². The molecule has 2 heterocycles. The molecule has 0 bridgehead atoms. The summed E-state index contributed by atoms with van der Waals surface area (Å²) in [4.78, 5) is 14.4. The summed E-state index contributed by atoms with van der Waals surface area (Å²) < 4.78 is 16.6. The van der Waals surface area contributed by atoms with Crippen molar-refractivity contribution < 1.29 is 19.0 Å². The molecule has 22 heavy (non-hydrogen) atoms. The molecule has 2 atom stereocenters. The van der Waals surface area contributed by atoms with Crippen LogP contribution < -0.4 is 14.8 Å². The number of carbonyl (C=O) groups is 1. The highest BCUT2D eigenvalue weighted by Gasteiger charge is 2.25. The molecular formula is C16H22N2O4. The molecule has 1 N–H and O–H groups in total. The number of fused-ring (bicyclic) bond motifs is 1. The van der Waals surface area contributed by atoms with Crippen molar-refractivity contribution in [1.82, 2.24) is 4.90 Å². The first-order chi connectivity index (χ1) is 10.6. The Morgan fingerprint density at radius 1 is 1.27 bits per heavy atom. The smallest absolute Gasteiger partial charge is 0.238 e. The summed E-state index contributed by atoms with van der Waals surface area (Å²) in [6.45, 7) is 7.00. The van der Waals surface area contributed by atoms with Crippen molar-refractivity contribution in [3.05, 3.63) is 18.2 Å². The SMILES string of the molecule is CC1CN(CC(=O)Nc2ccc3c(c2)OCCO3)C(C)CO1. The number of anilines is 1. The molecule has 1 aromatic rings. The summed E-state index contributed by atoms with van der Waals surface area (Å²) in [7, 11) is 0. The van der Waals surface area contributed by atoms with Crippen LogP contribution in [-0.2, 0) is 9.53 Å². The average molecular weight is 306 g/mol. The number of hydrogen-bond donors (Lipinski definition) is 1. The topological polar surface area (TPSA) is 60.0 Å². The third kappa shape index (κ3) is 3.51. The van der Waals surface area contributed by atoms with E-state index in [0.29, 0.717) is 32.1 Å². The molecule has 2 aliphatic rings. The van der Waals surface area contributed by atoms with Gasteiger partial charge in [-0.25, -0.2) is 0 Å². The Bertz CT molecular complexity index is 549. The summed E-state index contributed by atoms with van der Waals surface area (Å²) >= 11 is 0. The number of morpholine rings is 1. The monoisotopic (exact) mass is 306 g/mol. The summed E-state index contributed by atoms with van der Waals surface area (Å²) in [6, 6.07) is 5.71. The molecule has 2 unspecified atom stereocenters. The largest absolute Gasteiger partial charge is 0.486 e. The van der Waals surface area contributed by atoms with Crippen LogP contribution in [0.3, 0.4) is 0 Å². The zero-order valence-electron chi connectivity index (χ0n) is 13.0. The van der Waals surface area contributed by atoms with Crippen molar-refractivity contribution in [3.8, 4) is 11.5 Å². The third-order valence-electron chi connectivity index (χ3n) is 3.91. The Balaban J connectivity index is 1.59. The Morgan fingerprint density at radius 3 is 2.86 bits per heavy atom. The van der Waals surface area contributed by atoms with Crippen molar-refractivity contribution in [2.75, 3.05) is 38.2 Å². The number of amides is 1. The highest BCUT2D eigenvalue weighted by Crippen LogP contribution is 2.32. The van der Waals surface area contributed by atoms with Crippen molar-refractivity contribution >= 4 is 11.6 Å². The lowest BCUT2D eigenvalue weighted by Gasteiger charge is -2.36. The second-order valence-corrected chi connectivity index (χ2v) is 5.83. The minimum Gasteiger partial charge on any atom is -0.486 e. The predicted molar refractivity (Wildman–Crippen MR) is 82.5 cm³/mol. The van der Waals surface area contributed by atoms with E-state index in [1.54, 1.807) is 6.07 Å². The van der Waals surface area contributed by atoms with Crippen molar-refractivity contribution in [2.45, 2.75) is 26.0 Å². The first kappa shape index (κ1) is 15.1. The Hall–Kier alpha value is -1.79. The fourth-order valence-electron chi connectivity index (χ4n) is 2.70. The lowest BCUT2D eigenvalue weighted by Crippen LogP contribution is -2.50. The molecule has 1 fully saturated rings. The van der Waals surface area contributed by atoms with Gasteiger partial charge >= 0.3 is 0 Å². The van der Waals surface area contributed by atoms with Gasteiger partial charge in [0.05, 0.1) is 19.3 Å². The van der Waals surface area contributed by atoms with Gasteiger partial charge in [0.15, 0.2) is 11.5 Å². The molecule has 1 amide bonds. The maximum absolute atomic E-state index is 12.2. The summed E-state index contributed by atoms with van der Waals surface area (Å²) in [5.41, 5.74) is 0.725. The number of carbonyl (C=O) groups excluding carboxylic acids is 1. The van der Waals surface area contributed by atoms with Crippen LogP contribution in [0.15, 0.2) is 18.2 Å². The van der Waals surface area contributed by atoms with Gasteiger partial charge in [-0.15, -0.1) is 0 Å². The van der Waals surface area contributed by atoms with E-state index >= 15 is 0 Å². The fraction of sp³-hybridized carbons (Fsp3) is 0.562. The minimum atomic E-state index is -0.0300. The molecule has 0 aliphatic carbocycles. The van der Waals surface area contributed by atoms with Crippen LogP contribution >= 0.6 is 0 Å². The van der Waals surface area contributed by atoms with Crippen molar-refractivity contribution in [2.24, 2.45) is 0 Å². The number of nitrogens with zero attached hydrogens (tertiary/aromatic N) is 1. The van der Waals surface area contributed by atoms with E-state index in [0.717, 1.165) is 18.0 Å². The molecule has 3 rings (SSSR count). The summed E-state index contributed by atoms with van der Waals surface area (Å²) in [6.07, 6.45) is 0.165. The first-order valence-electron chi connectivity index (χ1n) is 7.67. The normalized spacial score (nSPS) is 24.8. The maximum atomic E-state index is 12.2. The highest BCUT2D eigenvalue weighted by atomic mass is 16.6. The van der Waals surface area contributed by atoms with Gasteiger partial charge in [-0.3, -0.25) is 9.69 Å². The summed E-state index contributed by atoms with van der Waals surface area (Å²) in [5.74, 6) is 1.37. The van der Waals surface area contributed by atoms with Crippen molar-refractivity contribution in [1.29, 1.82) is 0 Å². The lowest BCUT2D eigenvalue weighted by atomic mass is 10.2. The van der Waals surface area contributed by atoms with Gasteiger partial charge in [-0.05, 0) is 26.0 Å². The van der Waals surface area contributed by atoms with Gasteiger partial charge in [0.1, 0.15) is 13.2 Å². The molecule has 6 heteroatoms. The quantitative estimate of drug-likeness (QED) is 0.917. The molecule has 0 saturated carbocycles. The zero-order valence-corrected chi connectivity index (χ0v) is 13.0. The Morgan fingerprint density at radius 2 is 2.05 bits per heavy atom. The number of nitrogens with one attached hydrogen (secondary N) is 1. The summed E-state index contributed by atoms with van der Waals surface area (Å²) in [5, 5.41) is 2.92. The molecular weight excluding hydrogens is 284 g/mol. The number of hydrogen-bond acceptors (Lipinski definition) is 5. The van der Waals surface area contributed by atoms with Gasteiger partial charge in [-0.2, -0.15) is 0 Å². The van der Waals surface area contributed by atoms with E-state index in [2.05, 4.69) is 17.1 Å². The van der Waals surface area contributed by atoms with Gasteiger partial charge in [0.25, 0.3) is 0 Å². The second kappa shape index (κ2) is 6.54. The Labute approximate surface area is 130 Å². The van der Waals surface area contributed by atoms with Crippen LogP contribution in [0.5, 0.6) is 11.5 Å². The van der Waals surface area contributed by atoms with Crippen LogP contribution in [0.4, 0.5) is 5.69 Å². The highest BCUT2D eigenvalue weighted by molar-refractivity contribution is 5.92. The number of rotatable bonds is 3. The van der Waals surface area contributed by atoms with Crippen molar-refractivity contribution in [3.63, 3.8) is 0 Å². The molecule has 1 aromatic carbocycles. The third-order valence-corrected chi connectivity index (χ3v) is 3.91. The minimum absolute atomic E-state index is 0.0300. The van der Waals surface area contributed by atoms with Gasteiger partial charge in [0, 0.05) is 24.3 Å². The van der Waals surface area contributed by atoms with Crippen LogP contribution in [0.2, 0.25) is 0 Å². The molecule has 0 spiro atoms. The van der Waals surface area contributed by atoms with Crippen LogP contribution in [0.1, 0.15) is 13.8 Å². The molecule has 1 saturated heterocycles.